The van der Waals surface area contributed by atoms with Crippen molar-refractivity contribution in [2.75, 3.05) is 5.75 Å². The summed E-state index contributed by atoms with van der Waals surface area (Å²) in [6.07, 6.45) is 1.70. The van der Waals surface area contributed by atoms with E-state index in [1.165, 1.54) is 11.8 Å². The van der Waals surface area contributed by atoms with Gasteiger partial charge < -0.3 is 5.11 Å². The standard InChI is InChI=1S/C9H6Cl4OS/c1-2-3-15-9-6(12)4(10)8(14)5(11)7(9)13/h2,14H,1,3H2. The first kappa shape index (κ1) is 13.3. The number of benzene rings is 1. The molecule has 0 heterocycles. The van der Waals surface area contributed by atoms with Crippen molar-refractivity contribution in [1.82, 2.24) is 0 Å². The van der Waals surface area contributed by atoms with Crippen LogP contribution in [0.1, 0.15) is 0 Å². The Morgan fingerprint density at radius 3 is 1.93 bits per heavy atom. The molecule has 1 aromatic carbocycles. The van der Waals surface area contributed by atoms with Gasteiger partial charge in [0.15, 0.2) is 5.75 Å². The van der Waals surface area contributed by atoms with Crippen LogP contribution in [0.15, 0.2) is 17.6 Å². The van der Waals surface area contributed by atoms with Gasteiger partial charge in [0, 0.05) is 10.6 Å². The summed E-state index contributed by atoms with van der Waals surface area (Å²) < 4.78 is 0. The molecule has 0 aromatic heterocycles. The highest BCUT2D eigenvalue weighted by Crippen LogP contribution is 2.48. The van der Waals surface area contributed by atoms with Crippen LogP contribution in [0, 0.1) is 0 Å². The smallest absolute Gasteiger partial charge is 0.155 e. The van der Waals surface area contributed by atoms with Crippen molar-refractivity contribution in [2.45, 2.75) is 4.90 Å². The molecule has 1 rings (SSSR count). The van der Waals surface area contributed by atoms with Crippen LogP contribution in [0.5, 0.6) is 5.75 Å². The quantitative estimate of drug-likeness (QED) is 0.465. The lowest BCUT2D eigenvalue weighted by molar-refractivity contribution is 0.475. The van der Waals surface area contributed by atoms with Crippen LogP contribution < -0.4 is 0 Å². The zero-order valence-electron chi connectivity index (χ0n) is 7.36. The molecule has 0 saturated carbocycles. The van der Waals surface area contributed by atoms with Crippen molar-refractivity contribution < 1.29 is 5.11 Å². The van der Waals surface area contributed by atoms with Crippen LogP contribution in [-0.4, -0.2) is 10.9 Å². The Hall–Kier alpha value is 0.270. The maximum Gasteiger partial charge on any atom is 0.155 e. The largest absolute Gasteiger partial charge is 0.505 e. The second-order valence-corrected chi connectivity index (χ2v) is 5.08. The number of phenols is 1. The number of hydrogen-bond acceptors (Lipinski definition) is 2. The van der Waals surface area contributed by atoms with Crippen LogP contribution in [-0.2, 0) is 0 Å². The molecule has 0 radical (unpaired) electrons. The topological polar surface area (TPSA) is 20.2 Å². The Morgan fingerprint density at radius 1 is 1.07 bits per heavy atom. The highest BCUT2D eigenvalue weighted by atomic mass is 35.5. The van der Waals surface area contributed by atoms with Crippen molar-refractivity contribution >= 4 is 58.2 Å². The molecule has 0 bridgehead atoms. The fraction of sp³-hybridized carbons (Fsp3) is 0.111. The van der Waals surface area contributed by atoms with E-state index < -0.39 is 0 Å². The van der Waals surface area contributed by atoms with Gasteiger partial charge in [-0.05, 0) is 0 Å². The lowest BCUT2D eigenvalue weighted by Crippen LogP contribution is -1.84. The maximum absolute atomic E-state index is 9.46. The summed E-state index contributed by atoms with van der Waals surface area (Å²) >= 11 is 24.7. The lowest BCUT2D eigenvalue weighted by Gasteiger charge is -2.10. The molecule has 0 spiro atoms. The van der Waals surface area contributed by atoms with Gasteiger partial charge in [-0.2, -0.15) is 0 Å². The van der Waals surface area contributed by atoms with Crippen molar-refractivity contribution in [1.29, 1.82) is 0 Å². The SMILES string of the molecule is C=CCSc1c(Cl)c(Cl)c(O)c(Cl)c1Cl. The molecule has 0 unspecified atom stereocenters. The predicted octanol–water partition coefficient (Wildman–Crippen LogP) is 5.28. The minimum Gasteiger partial charge on any atom is -0.505 e. The Kier molecular flexibility index (Phi) is 4.94. The number of hydrogen-bond donors (Lipinski definition) is 1. The zero-order chi connectivity index (χ0) is 11.6. The second kappa shape index (κ2) is 5.55. The predicted molar refractivity (Wildman–Crippen MR) is 69.1 cm³/mol. The van der Waals surface area contributed by atoms with Crippen molar-refractivity contribution in [3.8, 4) is 5.75 Å². The van der Waals surface area contributed by atoms with Gasteiger partial charge in [-0.1, -0.05) is 52.5 Å². The Morgan fingerprint density at radius 2 is 1.53 bits per heavy atom. The van der Waals surface area contributed by atoms with Gasteiger partial charge in [0.05, 0.1) is 10.0 Å². The van der Waals surface area contributed by atoms with E-state index in [1.807, 2.05) is 0 Å². The molecule has 0 saturated heterocycles. The minimum absolute atomic E-state index is 0.0117. The minimum atomic E-state index is -0.295. The van der Waals surface area contributed by atoms with E-state index >= 15 is 0 Å². The van der Waals surface area contributed by atoms with Gasteiger partial charge in [-0.3, -0.25) is 0 Å². The Bertz CT molecular complexity index is 377. The molecule has 15 heavy (non-hydrogen) atoms. The summed E-state index contributed by atoms with van der Waals surface area (Å²) in [6.45, 7) is 3.58. The molecular formula is C9H6Cl4OS. The van der Waals surface area contributed by atoms with Crippen molar-refractivity contribution in [3.63, 3.8) is 0 Å². The van der Waals surface area contributed by atoms with E-state index in [2.05, 4.69) is 6.58 Å². The molecule has 82 valence electrons. The first-order valence-electron chi connectivity index (χ1n) is 3.79. The molecule has 6 heteroatoms. The molecule has 0 atom stereocenters. The summed E-state index contributed by atoms with van der Waals surface area (Å²) in [4.78, 5) is 0.547. The van der Waals surface area contributed by atoms with Gasteiger partial charge in [-0.15, -0.1) is 18.3 Å². The summed E-state index contributed by atoms with van der Waals surface area (Å²) in [7, 11) is 0. The van der Waals surface area contributed by atoms with Crippen molar-refractivity contribution in [2.24, 2.45) is 0 Å². The summed E-state index contributed by atoms with van der Waals surface area (Å²) in [5, 5.41) is 9.89. The number of thioether (sulfide) groups is 1. The molecule has 1 N–H and O–H groups in total. The maximum atomic E-state index is 9.46. The highest BCUT2D eigenvalue weighted by Gasteiger charge is 2.19. The zero-order valence-corrected chi connectivity index (χ0v) is 11.2. The molecular weight excluding hydrogens is 298 g/mol. The van der Waals surface area contributed by atoms with Crippen LogP contribution in [0.2, 0.25) is 20.1 Å². The third kappa shape index (κ3) is 2.69. The van der Waals surface area contributed by atoms with E-state index in [9.17, 15) is 5.11 Å². The van der Waals surface area contributed by atoms with Crippen LogP contribution in [0.3, 0.4) is 0 Å². The number of rotatable bonds is 3. The van der Waals surface area contributed by atoms with Crippen LogP contribution in [0.25, 0.3) is 0 Å². The van der Waals surface area contributed by atoms with E-state index in [4.69, 9.17) is 46.4 Å². The fourth-order valence-electron chi connectivity index (χ4n) is 0.869. The normalized spacial score (nSPS) is 10.4. The third-order valence-corrected chi connectivity index (χ3v) is 4.55. The molecule has 1 nitrogen and oxygen atoms in total. The molecule has 1 aromatic rings. The van der Waals surface area contributed by atoms with Gasteiger partial charge in [-0.25, -0.2) is 0 Å². The second-order valence-electron chi connectivity index (χ2n) is 2.53. The Balaban J connectivity index is 3.31. The van der Waals surface area contributed by atoms with Crippen LogP contribution >= 0.6 is 58.2 Å². The van der Waals surface area contributed by atoms with E-state index in [1.54, 1.807) is 6.08 Å². The Labute approximate surface area is 112 Å². The molecule has 0 aliphatic heterocycles. The molecule has 0 fully saturated rings. The van der Waals surface area contributed by atoms with Crippen molar-refractivity contribution in [3.05, 3.63) is 32.7 Å². The summed E-state index contributed by atoms with van der Waals surface area (Å²) in [6, 6.07) is 0. The first-order valence-corrected chi connectivity index (χ1v) is 6.29. The van der Waals surface area contributed by atoms with Gasteiger partial charge >= 0.3 is 0 Å². The number of halogens is 4. The van der Waals surface area contributed by atoms with E-state index in [0.717, 1.165) is 0 Å². The van der Waals surface area contributed by atoms with Gasteiger partial charge in [0.25, 0.3) is 0 Å². The molecule has 0 aliphatic rings. The number of aromatic hydroxyl groups is 1. The van der Waals surface area contributed by atoms with Gasteiger partial charge in [0.2, 0.25) is 0 Å². The molecule has 0 aliphatic carbocycles. The first-order chi connectivity index (χ1) is 7.00. The van der Waals surface area contributed by atoms with Gasteiger partial charge in [0.1, 0.15) is 10.0 Å². The average Bonchev–Trinajstić information content (AvgIpc) is 2.24. The third-order valence-electron chi connectivity index (χ3n) is 1.55. The summed E-state index contributed by atoms with van der Waals surface area (Å²) in [5.41, 5.74) is 0. The fourth-order valence-corrected chi connectivity index (χ4v) is 2.89. The van der Waals surface area contributed by atoms with E-state index in [-0.39, 0.29) is 25.8 Å². The lowest BCUT2D eigenvalue weighted by atomic mass is 10.3. The monoisotopic (exact) mass is 302 g/mol. The summed E-state index contributed by atoms with van der Waals surface area (Å²) in [5.74, 6) is 0.327. The van der Waals surface area contributed by atoms with E-state index in [0.29, 0.717) is 10.6 Å². The molecule has 0 amide bonds. The highest BCUT2D eigenvalue weighted by molar-refractivity contribution is 7.99. The number of phenolic OH excluding ortho intramolecular Hbond substituents is 1. The average molecular weight is 304 g/mol. The van der Waals surface area contributed by atoms with Crippen LogP contribution in [0.4, 0.5) is 0 Å².